The van der Waals surface area contributed by atoms with Crippen molar-refractivity contribution in [2.24, 2.45) is 5.16 Å². The van der Waals surface area contributed by atoms with Crippen LogP contribution < -0.4 is 9.47 Å². The average Bonchev–Trinajstić information content (AvgIpc) is 2.47. The SMILES string of the molecule is ON=Cc1ccc(OCCOc2c(Cl)cc(Cl)cc2Cl)cc1. The smallest absolute Gasteiger partial charge is 0.156 e. The lowest BCUT2D eigenvalue weighted by Crippen LogP contribution is -2.09. The molecule has 0 saturated carbocycles. The summed E-state index contributed by atoms with van der Waals surface area (Å²) < 4.78 is 11.0. The molecule has 0 aliphatic carbocycles. The summed E-state index contributed by atoms with van der Waals surface area (Å²) in [6.45, 7) is 0.601. The molecule has 2 aromatic rings. The van der Waals surface area contributed by atoms with Gasteiger partial charge in [0.15, 0.2) is 5.75 Å². The zero-order valence-corrected chi connectivity index (χ0v) is 13.6. The zero-order chi connectivity index (χ0) is 15.9. The van der Waals surface area contributed by atoms with E-state index in [2.05, 4.69) is 5.16 Å². The van der Waals surface area contributed by atoms with Gasteiger partial charge in [-0.05, 0) is 42.0 Å². The number of hydrogen-bond acceptors (Lipinski definition) is 4. The van der Waals surface area contributed by atoms with Crippen LogP contribution in [0.15, 0.2) is 41.6 Å². The molecule has 0 fully saturated rings. The van der Waals surface area contributed by atoms with Gasteiger partial charge in [-0.1, -0.05) is 40.0 Å². The number of rotatable bonds is 6. The quantitative estimate of drug-likeness (QED) is 0.344. The third-order valence-electron chi connectivity index (χ3n) is 2.65. The van der Waals surface area contributed by atoms with Gasteiger partial charge in [0.2, 0.25) is 0 Å². The number of benzene rings is 2. The molecule has 0 heterocycles. The molecule has 22 heavy (non-hydrogen) atoms. The number of nitrogens with zero attached hydrogens (tertiary/aromatic N) is 1. The predicted octanol–water partition coefficient (Wildman–Crippen LogP) is 4.91. The van der Waals surface area contributed by atoms with Crippen LogP contribution in [0.2, 0.25) is 15.1 Å². The van der Waals surface area contributed by atoms with Gasteiger partial charge in [0, 0.05) is 5.02 Å². The van der Waals surface area contributed by atoms with E-state index in [1.54, 1.807) is 36.4 Å². The van der Waals surface area contributed by atoms with Gasteiger partial charge in [-0.2, -0.15) is 0 Å². The van der Waals surface area contributed by atoms with Crippen LogP contribution in [0.3, 0.4) is 0 Å². The fraction of sp³-hybridized carbons (Fsp3) is 0.133. The van der Waals surface area contributed by atoms with E-state index in [-0.39, 0.29) is 6.61 Å². The maximum Gasteiger partial charge on any atom is 0.156 e. The van der Waals surface area contributed by atoms with E-state index in [4.69, 9.17) is 49.5 Å². The molecule has 2 aromatic carbocycles. The lowest BCUT2D eigenvalue weighted by Gasteiger charge is -2.11. The Morgan fingerprint density at radius 1 is 0.955 bits per heavy atom. The van der Waals surface area contributed by atoms with Crippen molar-refractivity contribution in [3.8, 4) is 11.5 Å². The first-order valence-corrected chi connectivity index (χ1v) is 7.41. The van der Waals surface area contributed by atoms with Crippen molar-refractivity contribution < 1.29 is 14.7 Å². The Kier molecular flexibility index (Phi) is 6.19. The molecule has 0 aromatic heterocycles. The minimum absolute atomic E-state index is 0.279. The highest BCUT2D eigenvalue weighted by atomic mass is 35.5. The summed E-state index contributed by atoms with van der Waals surface area (Å²) in [5.74, 6) is 1.05. The second-order valence-corrected chi connectivity index (χ2v) is 5.46. The Balaban J connectivity index is 1.84. The van der Waals surface area contributed by atoms with Gasteiger partial charge in [-0.25, -0.2) is 0 Å². The van der Waals surface area contributed by atoms with E-state index in [9.17, 15) is 0 Å². The van der Waals surface area contributed by atoms with Crippen LogP contribution in [0.4, 0.5) is 0 Å². The van der Waals surface area contributed by atoms with E-state index in [1.807, 2.05) is 0 Å². The monoisotopic (exact) mass is 359 g/mol. The molecule has 0 aliphatic rings. The molecule has 2 rings (SSSR count). The Morgan fingerprint density at radius 2 is 1.55 bits per heavy atom. The summed E-state index contributed by atoms with van der Waals surface area (Å²) in [6.07, 6.45) is 1.33. The first-order chi connectivity index (χ1) is 10.6. The van der Waals surface area contributed by atoms with E-state index >= 15 is 0 Å². The van der Waals surface area contributed by atoms with Crippen LogP contribution >= 0.6 is 34.8 Å². The van der Waals surface area contributed by atoms with Gasteiger partial charge in [0.25, 0.3) is 0 Å². The predicted molar refractivity (Wildman–Crippen MR) is 88.3 cm³/mol. The molecule has 0 amide bonds. The molecule has 0 aliphatic heterocycles. The molecule has 7 heteroatoms. The van der Waals surface area contributed by atoms with Crippen molar-refractivity contribution in [3.63, 3.8) is 0 Å². The van der Waals surface area contributed by atoms with Gasteiger partial charge < -0.3 is 14.7 Å². The minimum atomic E-state index is 0.279. The Bertz CT molecular complexity index is 637. The number of oxime groups is 1. The molecular formula is C15H12Cl3NO3. The molecule has 4 nitrogen and oxygen atoms in total. The van der Waals surface area contributed by atoms with E-state index in [0.717, 1.165) is 5.56 Å². The summed E-state index contributed by atoms with van der Waals surface area (Å²) in [5, 5.41) is 12.5. The third kappa shape index (κ3) is 4.70. The van der Waals surface area contributed by atoms with Gasteiger partial charge in [-0.3, -0.25) is 0 Å². The highest BCUT2D eigenvalue weighted by Gasteiger charge is 2.09. The van der Waals surface area contributed by atoms with Gasteiger partial charge >= 0.3 is 0 Å². The van der Waals surface area contributed by atoms with Crippen LogP contribution in [-0.4, -0.2) is 24.6 Å². The normalized spacial score (nSPS) is 10.9. The summed E-state index contributed by atoms with van der Waals surface area (Å²) in [7, 11) is 0. The first-order valence-electron chi connectivity index (χ1n) is 6.28. The summed E-state index contributed by atoms with van der Waals surface area (Å²) >= 11 is 17.8. The summed E-state index contributed by atoms with van der Waals surface area (Å²) in [6, 6.07) is 10.2. The number of ether oxygens (including phenoxy) is 2. The van der Waals surface area contributed by atoms with E-state index in [1.165, 1.54) is 6.21 Å². The Morgan fingerprint density at radius 3 is 2.14 bits per heavy atom. The van der Waals surface area contributed by atoms with Crippen LogP contribution in [0.5, 0.6) is 11.5 Å². The van der Waals surface area contributed by atoms with Crippen LogP contribution in [0.1, 0.15) is 5.56 Å². The van der Waals surface area contributed by atoms with Gasteiger partial charge in [0.1, 0.15) is 19.0 Å². The second-order valence-electron chi connectivity index (χ2n) is 4.21. The van der Waals surface area contributed by atoms with Crippen molar-refractivity contribution in [3.05, 3.63) is 57.0 Å². The number of halogens is 3. The third-order valence-corrected chi connectivity index (χ3v) is 3.43. The van der Waals surface area contributed by atoms with Crippen LogP contribution in [0.25, 0.3) is 0 Å². The molecule has 0 spiro atoms. The zero-order valence-electron chi connectivity index (χ0n) is 11.3. The van der Waals surface area contributed by atoms with E-state index < -0.39 is 0 Å². The molecular weight excluding hydrogens is 349 g/mol. The fourth-order valence-electron chi connectivity index (χ4n) is 1.69. The second kappa shape index (κ2) is 8.13. The summed E-state index contributed by atoms with van der Waals surface area (Å²) in [5.41, 5.74) is 0.769. The lowest BCUT2D eigenvalue weighted by atomic mass is 10.2. The summed E-state index contributed by atoms with van der Waals surface area (Å²) in [4.78, 5) is 0. The molecule has 0 saturated heterocycles. The van der Waals surface area contributed by atoms with Crippen LogP contribution in [-0.2, 0) is 0 Å². The van der Waals surface area contributed by atoms with E-state index in [0.29, 0.717) is 33.2 Å². The average molecular weight is 361 g/mol. The van der Waals surface area contributed by atoms with Crippen molar-refractivity contribution in [2.45, 2.75) is 0 Å². The first kappa shape index (κ1) is 16.7. The molecule has 0 bridgehead atoms. The molecule has 1 N–H and O–H groups in total. The molecule has 0 unspecified atom stereocenters. The van der Waals surface area contributed by atoms with Crippen molar-refractivity contribution in [2.75, 3.05) is 13.2 Å². The highest BCUT2D eigenvalue weighted by Crippen LogP contribution is 2.35. The maximum atomic E-state index is 8.42. The molecule has 0 atom stereocenters. The molecule has 116 valence electrons. The molecule has 0 radical (unpaired) electrons. The lowest BCUT2D eigenvalue weighted by molar-refractivity contribution is 0.217. The van der Waals surface area contributed by atoms with Gasteiger partial charge in [-0.15, -0.1) is 0 Å². The Labute approximate surface area is 142 Å². The van der Waals surface area contributed by atoms with Crippen molar-refractivity contribution in [1.82, 2.24) is 0 Å². The fourth-order valence-corrected chi connectivity index (χ4v) is 2.61. The van der Waals surface area contributed by atoms with Crippen molar-refractivity contribution >= 4 is 41.0 Å². The van der Waals surface area contributed by atoms with Gasteiger partial charge in [0.05, 0.1) is 16.3 Å². The van der Waals surface area contributed by atoms with Crippen LogP contribution in [0, 0.1) is 0 Å². The minimum Gasteiger partial charge on any atom is -0.490 e. The van der Waals surface area contributed by atoms with Crippen molar-refractivity contribution in [1.29, 1.82) is 0 Å². The highest BCUT2D eigenvalue weighted by molar-refractivity contribution is 6.40. The maximum absolute atomic E-state index is 8.42. The number of hydrogen-bond donors (Lipinski definition) is 1. The topological polar surface area (TPSA) is 51.1 Å². The largest absolute Gasteiger partial charge is 0.490 e. The standard InChI is InChI=1S/C15H12Cl3NO3/c16-11-7-13(17)15(14(18)8-11)22-6-5-21-12-3-1-10(2-4-12)9-19-20/h1-4,7-9,20H,5-6H2. The Hall–Kier alpha value is -1.62.